The average molecular weight is 234 g/mol. The van der Waals surface area contributed by atoms with Crippen LogP contribution in [0.5, 0.6) is 5.75 Å². The first-order valence-electron chi connectivity index (χ1n) is 5.76. The quantitative estimate of drug-likeness (QED) is 0.766. The van der Waals surface area contributed by atoms with Gasteiger partial charge < -0.3 is 15.8 Å². The molecule has 4 heteroatoms. The third-order valence-corrected chi connectivity index (χ3v) is 2.77. The molecular formula is C13H18N2O2. The second-order valence-corrected chi connectivity index (χ2v) is 5.08. The van der Waals surface area contributed by atoms with Crippen LogP contribution in [0.1, 0.15) is 31.1 Å². The standard InChI is InChI=1S/C13H18N2O2/c1-8(14)12(16)9-4-5-11-10(6-9)15-7-13(2,3)17-11/h4-6,8,15H,7,14H2,1-3H3. The van der Waals surface area contributed by atoms with Crippen molar-refractivity contribution >= 4 is 11.5 Å². The van der Waals surface area contributed by atoms with Gasteiger partial charge in [0.05, 0.1) is 18.3 Å². The van der Waals surface area contributed by atoms with Crippen LogP contribution in [0.4, 0.5) is 5.69 Å². The number of Topliss-reactive ketones (excluding diaryl/α,β-unsaturated/α-hetero) is 1. The maximum absolute atomic E-state index is 11.8. The third kappa shape index (κ3) is 2.42. The van der Waals surface area contributed by atoms with Crippen LogP contribution in [0.3, 0.4) is 0 Å². The Kier molecular flexibility index (Phi) is 2.83. The molecule has 0 amide bonds. The van der Waals surface area contributed by atoms with Gasteiger partial charge in [-0.2, -0.15) is 0 Å². The summed E-state index contributed by atoms with van der Waals surface area (Å²) in [6.45, 7) is 6.44. The molecule has 1 aliphatic heterocycles. The molecule has 92 valence electrons. The van der Waals surface area contributed by atoms with Crippen LogP contribution >= 0.6 is 0 Å². The van der Waals surface area contributed by atoms with E-state index in [0.29, 0.717) is 5.56 Å². The van der Waals surface area contributed by atoms with Crippen LogP contribution in [-0.2, 0) is 0 Å². The van der Waals surface area contributed by atoms with E-state index in [1.165, 1.54) is 0 Å². The maximum Gasteiger partial charge on any atom is 0.179 e. The van der Waals surface area contributed by atoms with Gasteiger partial charge in [-0.15, -0.1) is 0 Å². The van der Waals surface area contributed by atoms with Gasteiger partial charge in [0.15, 0.2) is 5.78 Å². The Labute approximate surface area is 101 Å². The van der Waals surface area contributed by atoms with Gasteiger partial charge in [-0.1, -0.05) is 0 Å². The summed E-state index contributed by atoms with van der Waals surface area (Å²) < 4.78 is 5.81. The molecule has 0 spiro atoms. The van der Waals surface area contributed by atoms with Crippen molar-refractivity contribution in [3.8, 4) is 5.75 Å². The smallest absolute Gasteiger partial charge is 0.179 e. The molecule has 2 rings (SSSR count). The van der Waals surface area contributed by atoms with Crippen molar-refractivity contribution in [3.05, 3.63) is 23.8 Å². The van der Waals surface area contributed by atoms with Gasteiger partial charge in [-0.25, -0.2) is 0 Å². The fraction of sp³-hybridized carbons (Fsp3) is 0.462. The lowest BCUT2D eigenvalue weighted by molar-refractivity contribution is 0.0967. The van der Waals surface area contributed by atoms with Gasteiger partial charge in [0.1, 0.15) is 11.4 Å². The first kappa shape index (κ1) is 11.9. The summed E-state index contributed by atoms with van der Waals surface area (Å²) >= 11 is 0. The number of nitrogens with one attached hydrogen (secondary N) is 1. The molecular weight excluding hydrogens is 216 g/mol. The number of fused-ring (bicyclic) bond motifs is 1. The number of carbonyl (C=O) groups is 1. The summed E-state index contributed by atoms with van der Waals surface area (Å²) in [5, 5.41) is 3.27. The Hall–Kier alpha value is -1.55. The molecule has 1 heterocycles. The van der Waals surface area contributed by atoms with Crippen LogP contribution in [-0.4, -0.2) is 24.0 Å². The van der Waals surface area contributed by atoms with Gasteiger partial charge in [-0.3, -0.25) is 4.79 Å². The van der Waals surface area contributed by atoms with E-state index in [1.807, 2.05) is 19.9 Å². The number of carbonyl (C=O) groups excluding carboxylic acids is 1. The SMILES string of the molecule is CC(N)C(=O)c1ccc2c(c1)NCC(C)(C)O2. The molecule has 0 saturated heterocycles. The summed E-state index contributed by atoms with van der Waals surface area (Å²) in [4.78, 5) is 11.8. The molecule has 1 aliphatic rings. The molecule has 0 saturated carbocycles. The fourth-order valence-corrected chi connectivity index (χ4v) is 1.82. The van der Waals surface area contributed by atoms with Crippen LogP contribution in [0.2, 0.25) is 0 Å². The number of anilines is 1. The lowest BCUT2D eigenvalue weighted by atomic mass is 10.0. The van der Waals surface area contributed by atoms with E-state index < -0.39 is 6.04 Å². The van der Waals surface area contributed by atoms with Gasteiger partial charge in [0.2, 0.25) is 0 Å². The third-order valence-electron chi connectivity index (χ3n) is 2.77. The number of benzene rings is 1. The van der Waals surface area contributed by atoms with Crippen LogP contribution in [0.25, 0.3) is 0 Å². The van der Waals surface area contributed by atoms with Gasteiger partial charge in [0, 0.05) is 5.56 Å². The van der Waals surface area contributed by atoms with Crippen molar-refractivity contribution in [2.45, 2.75) is 32.4 Å². The molecule has 17 heavy (non-hydrogen) atoms. The van der Waals surface area contributed by atoms with Crippen molar-refractivity contribution in [2.75, 3.05) is 11.9 Å². The van der Waals surface area contributed by atoms with Crippen molar-refractivity contribution in [2.24, 2.45) is 5.73 Å². The van der Waals surface area contributed by atoms with E-state index >= 15 is 0 Å². The van der Waals surface area contributed by atoms with E-state index in [9.17, 15) is 4.79 Å². The van der Waals surface area contributed by atoms with Crippen LogP contribution in [0, 0.1) is 0 Å². The first-order valence-corrected chi connectivity index (χ1v) is 5.76. The lowest BCUT2D eigenvalue weighted by Gasteiger charge is -2.33. The molecule has 0 aliphatic carbocycles. The normalized spacial score (nSPS) is 18.6. The minimum Gasteiger partial charge on any atom is -0.484 e. The number of ether oxygens (including phenoxy) is 1. The Bertz CT molecular complexity index is 453. The summed E-state index contributed by atoms with van der Waals surface area (Å²) in [5.41, 5.74) is 6.84. The zero-order valence-electron chi connectivity index (χ0n) is 10.4. The molecule has 0 fully saturated rings. The highest BCUT2D eigenvalue weighted by Crippen LogP contribution is 2.33. The minimum absolute atomic E-state index is 0.0561. The van der Waals surface area contributed by atoms with Crippen molar-refractivity contribution in [1.29, 1.82) is 0 Å². The van der Waals surface area contributed by atoms with Crippen LogP contribution < -0.4 is 15.8 Å². The van der Waals surface area contributed by atoms with Gasteiger partial charge >= 0.3 is 0 Å². The Balaban J connectivity index is 2.31. The molecule has 0 bridgehead atoms. The number of rotatable bonds is 2. The summed E-state index contributed by atoms with van der Waals surface area (Å²) in [5.74, 6) is 0.724. The molecule has 1 aromatic carbocycles. The Morgan fingerprint density at radius 1 is 1.53 bits per heavy atom. The number of hydrogen-bond donors (Lipinski definition) is 2. The summed E-state index contributed by atoms with van der Waals surface area (Å²) in [6.07, 6.45) is 0. The van der Waals surface area contributed by atoms with Crippen molar-refractivity contribution < 1.29 is 9.53 Å². The van der Waals surface area contributed by atoms with Gasteiger partial charge in [-0.05, 0) is 39.0 Å². The number of hydrogen-bond acceptors (Lipinski definition) is 4. The Morgan fingerprint density at radius 2 is 2.24 bits per heavy atom. The Morgan fingerprint density at radius 3 is 2.88 bits per heavy atom. The molecule has 0 aromatic heterocycles. The van der Waals surface area contributed by atoms with E-state index in [-0.39, 0.29) is 11.4 Å². The van der Waals surface area contributed by atoms with Crippen molar-refractivity contribution in [3.63, 3.8) is 0 Å². The van der Waals surface area contributed by atoms with E-state index in [4.69, 9.17) is 10.5 Å². The highest BCUT2D eigenvalue weighted by Gasteiger charge is 2.26. The predicted molar refractivity (Wildman–Crippen MR) is 67.6 cm³/mol. The fourth-order valence-electron chi connectivity index (χ4n) is 1.82. The second kappa shape index (κ2) is 4.04. The zero-order valence-corrected chi connectivity index (χ0v) is 10.4. The summed E-state index contributed by atoms with van der Waals surface area (Å²) in [6, 6.07) is 4.90. The van der Waals surface area contributed by atoms with Crippen molar-refractivity contribution in [1.82, 2.24) is 0 Å². The monoisotopic (exact) mass is 234 g/mol. The largest absolute Gasteiger partial charge is 0.484 e. The maximum atomic E-state index is 11.8. The molecule has 4 nitrogen and oxygen atoms in total. The highest BCUT2D eigenvalue weighted by atomic mass is 16.5. The number of nitrogens with two attached hydrogens (primary N) is 1. The van der Waals surface area contributed by atoms with E-state index in [0.717, 1.165) is 18.0 Å². The molecule has 1 unspecified atom stereocenters. The molecule has 3 N–H and O–H groups in total. The summed E-state index contributed by atoms with van der Waals surface area (Å²) in [7, 11) is 0. The lowest BCUT2D eigenvalue weighted by Crippen LogP contribution is -2.40. The van der Waals surface area contributed by atoms with E-state index in [2.05, 4.69) is 5.32 Å². The minimum atomic E-state index is -0.478. The van der Waals surface area contributed by atoms with Gasteiger partial charge in [0.25, 0.3) is 0 Å². The predicted octanol–water partition coefficient (Wildman–Crippen LogP) is 1.80. The zero-order chi connectivity index (χ0) is 12.6. The average Bonchev–Trinajstić information content (AvgIpc) is 2.26. The first-order chi connectivity index (χ1) is 7.89. The molecule has 1 aromatic rings. The molecule has 1 atom stereocenters. The second-order valence-electron chi connectivity index (χ2n) is 5.08. The molecule has 0 radical (unpaired) electrons. The number of ketones is 1. The highest BCUT2D eigenvalue weighted by molar-refractivity contribution is 6.00. The van der Waals surface area contributed by atoms with E-state index in [1.54, 1.807) is 19.1 Å². The topological polar surface area (TPSA) is 64.4 Å². The van der Waals surface area contributed by atoms with Crippen LogP contribution in [0.15, 0.2) is 18.2 Å².